The molecule has 2 aromatic heterocycles. The number of pyridine rings is 1. The first-order valence-electron chi connectivity index (χ1n) is 13.3. The van der Waals surface area contributed by atoms with Crippen molar-refractivity contribution in [2.75, 3.05) is 28.3 Å². The largest absolute Gasteiger partial charge is 0.437 e. The molecule has 5 rings (SSSR count). The number of benzene rings is 2. The molecule has 0 radical (unpaired) electrons. The number of halogens is 4. The number of nitrogens with zero attached hydrogens (tertiary/aromatic N) is 3. The van der Waals surface area contributed by atoms with Crippen LogP contribution in [0.4, 0.5) is 29.2 Å². The highest BCUT2D eigenvalue weighted by molar-refractivity contribution is 8.01. The van der Waals surface area contributed by atoms with Crippen molar-refractivity contribution in [3.8, 4) is 22.9 Å². The third kappa shape index (κ3) is 7.46. The lowest BCUT2D eigenvalue weighted by Crippen LogP contribution is -2.37. The third-order valence-corrected chi connectivity index (χ3v) is 8.91. The van der Waals surface area contributed by atoms with Gasteiger partial charge in [-0.25, -0.2) is 27.8 Å². The Labute approximate surface area is 250 Å². The number of fused-ring (bicyclic) bond motifs is 1. The fourth-order valence-corrected chi connectivity index (χ4v) is 6.81. The summed E-state index contributed by atoms with van der Waals surface area (Å²) in [6, 6.07) is 11.1. The molecular formula is C28H28F4N6O3S2. The second kappa shape index (κ2) is 12.5. The third-order valence-electron chi connectivity index (χ3n) is 6.69. The lowest BCUT2D eigenvalue weighted by molar-refractivity contribution is -0.106. The summed E-state index contributed by atoms with van der Waals surface area (Å²) in [6.07, 6.45) is -0.880. The van der Waals surface area contributed by atoms with Crippen LogP contribution in [0.5, 0.6) is 11.6 Å². The van der Waals surface area contributed by atoms with Crippen molar-refractivity contribution in [3.05, 3.63) is 66.2 Å². The first-order valence-corrected chi connectivity index (χ1v) is 15.8. The summed E-state index contributed by atoms with van der Waals surface area (Å²) in [5.74, 6) is -2.17. The fraction of sp³-hybridized carbons (Fsp3) is 0.321. The summed E-state index contributed by atoms with van der Waals surface area (Å²) in [5.41, 5.74) is 0.231. The zero-order valence-electron chi connectivity index (χ0n) is 23.1. The van der Waals surface area contributed by atoms with Gasteiger partial charge in [0.2, 0.25) is 21.9 Å². The highest BCUT2D eigenvalue weighted by Gasteiger charge is 2.36. The van der Waals surface area contributed by atoms with Crippen molar-refractivity contribution >= 4 is 44.4 Å². The van der Waals surface area contributed by atoms with Crippen LogP contribution >= 0.6 is 11.9 Å². The fourth-order valence-electron chi connectivity index (χ4n) is 4.80. The number of anilines is 2. The van der Waals surface area contributed by atoms with Gasteiger partial charge >= 0.3 is 6.18 Å². The average Bonchev–Trinajstić information content (AvgIpc) is 2.96. The van der Waals surface area contributed by atoms with Gasteiger partial charge in [0.15, 0.2) is 11.6 Å². The molecule has 43 heavy (non-hydrogen) atoms. The van der Waals surface area contributed by atoms with E-state index in [9.17, 15) is 21.6 Å². The van der Waals surface area contributed by atoms with Gasteiger partial charge in [0.1, 0.15) is 5.75 Å². The van der Waals surface area contributed by atoms with Crippen LogP contribution in [0.2, 0.25) is 0 Å². The lowest BCUT2D eigenvalue weighted by atomic mass is 10.0. The molecule has 2 aromatic carbocycles. The molecule has 9 nitrogen and oxygen atoms in total. The number of alkyl halides is 3. The second-order valence-electron chi connectivity index (χ2n) is 10.2. The van der Waals surface area contributed by atoms with Crippen molar-refractivity contribution < 1.29 is 30.7 Å². The molecule has 15 heteroatoms. The zero-order chi connectivity index (χ0) is 30.8. The van der Waals surface area contributed by atoms with Crippen molar-refractivity contribution in [3.63, 3.8) is 0 Å². The molecule has 0 amide bonds. The molecule has 228 valence electrons. The number of hydrogen-bond donors (Lipinski definition) is 3. The van der Waals surface area contributed by atoms with Crippen LogP contribution in [0, 0.1) is 18.7 Å². The van der Waals surface area contributed by atoms with Crippen LogP contribution in [-0.2, 0) is 10.0 Å². The van der Waals surface area contributed by atoms with Crippen LogP contribution in [0.1, 0.15) is 18.9 Å². The quantitative estimate of drug-likeness (QED) is 0.144. The van der Waals surface area contributed by atoms with Gasteiger partial charge in [0, 0.05) is 40.5 Å². The van der Waals surface area contributed by atoms with E-state index in [0.29, 0.717) is 28.4 Å². The van der Waals surface area contributed by atoms with Crippen molar-refractivity contribution in [1.82, 2.24) is 20.3 Å². The number of ether oxygens (including phenoxy) is 1. The summed E-state index contributed by atoms with van der Waals surface area (Å²) in [5, 5.41) is 4.03. The summed E-state index contributed by atoms with van der Waals surface area (Å²) >= 11 is 1.54. The van der Waals surface area contributed by atoms with E-state index in [2.05, 4.69) is 31.9 Å². The molecule has 0 spiro atoms. The predicted molar refractivity (Wildman–Crippen MR) is 159 cm³/mol. The van der Waals surface area contributed by atoms with Gasteiger partial charge in [-0.3, -0.25) is 9.44 Å². The van der Waals surface area contributed by atoms with Crippen molar-refractivity contribution in [1.29, 1.82) is 0 Å². The number of nitrogens with one attached hydrogen (secondary N) is 3. The normalized spacial score (nSPS) is 17.5. The number of piperidine rings is 1. The van der Waals surface area contributed by atoms with E-state index in [4.69, 9.17) is 4.74 Å². The standard InChI is InChI=1S/C28H28F4N6O3S2/c1-16-12-18(14-33-13-16)42-37-27-35-11-9-22(36-27)21-8-5-10-34-26(21)41-25-17(2)23(29)24(19-6-3-4-7-20(19)25)38-43(39,40)15-28(30,31)32/h3-11,16,18,33,38H,12-15H2,1-2H3,(H,35,36,37)/t16-,18?/m1/s1. The first kappa shape index (κ1) is 30.8. The maximum Gasteiger partial charge on any atom is 0.404 e. The monoisotopic (exact) mass is 636 g/mol. The number of aromatic nitrogens is 3. The average molecular weight is 637 g/mol. The molecule has 4 aromatic rings. The Bertz CT molecular complexity index is 1740. The van der Waals surface area contributed by atoms with Crippen molar-refractivity contribution in [2.45, 2.75) is 31.7 Å². The summed E-state index contributed by atoms with van der Waals surface area (Å²) in [6.45, 7) is 5.39. The summed E-state index contributed by atoms with van der Waals surface area (Å²) in [7, 11) is -4.95. The first-order chi connectivity index (χ1) is 20.4. The minimum atomic E-state index is -5.01. The van der Waals surface area contributed by atoms with E-state index < -0.39 is 33.5 Å². The van der Waals surface area contributed by atoms with Crippen LogP contribution in [-0.4, -0.2) is 53.6 Å². The second-order valence-corrected chi connectivity index (χ2v) is 13.1. The van der Waals surface area contributed by atoms with E-state index >= 15 is 4.39 Å². The summed E-state index contributed by atoms with van der Waals surface area (Å²) in [4.78, 5) is 13.2. The Hall–Kier alpha value is -3.69. The van der Waals surface area contributed by atoms with Crippen LogP contribution in [0.25, 0.3) is 22.0 Å². The lowest BCUT2D eigenvalue weighted by Gasteiger charge is -2.26. The highest BCUT2D eigenvalue weighted by atomic mass is 32.2. The van der Waals surface area contributed by atoms with Crippen molar-refractivity contribution in [2.24, 2.45) is 5.92 Å². The van der Waals surface area contributed by atoms with E-state index in [-0.39, 0.29) is 28.0 Å². The van der Waals surface area contributed by atoms with Gasteiger partial charge in [-0.1, -0.05) is 31.2 Å². The molecule has 1 fully saturated rings. The Morgan fingerprint density at radius 2 is 1.84 bits per heavy atom. The van der Waals surface area contributed by atoms with Gasteiger partial charge in [-0.2, -0.15) is 13.2 Å². The van der Waals surface area contributed by atoms with Gasteiger partial charge < -0.3 is 10.1 Å². The maximum absolute atomic E-state index is 15.7. The van der Waals surface area contributed by atoms with E-state index in [1.165, 1.54) is 25.3 Å². The number of hydrogen-bond acceptors (Lipinski definition) is 9. The number of sulfonamides is 1. The minimum absolute atomic E-state index is 0.0147. The molecule has 1 saturated heterocycles. The Kier molecular flexibility index (Phi) is 8.94. The van der Waals surface area contributed by atoms with Crippen LogP contribution in [0.3, 0.4) is 0 Å². The topological polar surface area (TPSA) is 118 Å². The SMILES string of the molecule is Cc1c(F)c(NS(=O)(=O)CC(F)(F)F)c2ccccc2c1Oc1ncccc1-c1ccnc(NSC2CNC[C@H](C)C2)n1. The molecule has 1 aliphatic rings. The molecule has 3 N–H and O–H groups in total. The van der Waals surface area contributed by atoms with E-state index in [0.717, 1.165) is 19.5 Å². The molecule has 0 aliphatic carbocycles. The summed E-state index contributed by atoms with van der Waals surface area (Å²) < 4.78 is 89.8. The van der Waals surface area contributed by atoms with Gasteiger partial charge in [-0.05, 0) is 56.0 Å². The Morgan fingerprint density at radius 1 is 1.07 bits per heavy atom. The minimum Gasteiger partial charge on any atom is -0.437 e. The van der Waals surface area contributed by atoms with Crippen LogP contribution in [0.15, 0.2) is 54.9 Å². The molecule has 3 heterocycles. The number of rotatable bonds is 9. The highest BCUT2D eigenvalue weighted by Crippen LogP contribution is 2.42. The smallest absolute Gasteiger partial charge is 0.404 e. The van der Waals surface area contributed by atoms with E-state index in [1.807, 2.05) is 0 Å². The predicted octanol–water partition coefficient (Wildman–Crippen LogP) is 6.29. The van der Waals surface area contributed by atoms with Gasteiger partial charge in [0.05, 0.1) is 16.9 Å². The molecule has 0 bridgehead atoms. The van der Waals surface area contributed by atoms with Gasteiger partial charge in [-0.15, -0.1) is 0 Å². The van der Waals surface area contributed by atoms with Gasteiger partial charge in [0.25, 0.3) is 0 Å². The Morgan fingerprint density at radius 3 is 2.58 bits per heavy atom. The Balaban J connectivity index is 1.47. The molecule has 1 unspecified atom stereocenters. The molecular weight excluding hydrogens is 608 g/mol. The zero-order valence-corrected chi connectivity index (χ0v) is 24.7. The maximum atomic E-state index is 15.7. The van der Waals surface area contributed by atoms with Crippen LogP contribution < -0.4 is 19.5 Å². The molecule has 1 aliphatic heterocycles. The molecule has 2 atom stereocenters. The molecule has 0 saturated carbocycles. The van der Waals surface area contributed by atoms with E-state index in [1.54, 1.807) is 53.2 Å².